The molecule has 12 heavy (non-hydrogen) atoms. The van der Waals surface area contributed by atoms with E-state index in [0.717, 1.165) is 12.4 Å². The van der Waals surface area contributed by atoms with Gasteiger partial charge in [0.25, 0.3) is 0 Å². The largest absolute Gasteiger partial charge is 0.335 e. The average Bonchev–Trinajstić information content (AvgIpc) is 2.36. The number of hydrogen-bond donors (Lipinski definition) is 1. The summed E-state index contributed by atoms with van der Waals surface area (Å²) in [5.41, 5.74) is 5.80. The van der Waals surface area contributed by atoms with Crippen molar-refractivity contribution in [3.05, 3.63) is 18.2 Å². The predicted octanol–water partition coefficient (Wildman–Crippen LogP) is 1.18. The molecule has 0 amide bonds. The highest BCUT2D eigenvalue weighted by molar-refractivity contribution is 4.90. The Morgan fingerprint density at radius 1 is 1.58 bits per heavy atom. The molecule has 1 aromatic heterocycles. The van der Waals surface area contributed by atoms with Gasteiger partial charge in [-0.3, -0.25) is 0 Å². The zero-order valence-electron chi connectivity index (χ0n) is 8.04. The van der Waals surface area contributed by atoms with Gasteiger partial charge in [0.2, 0.25) is 0 Å². The lowest BCUT2D eigenvalue weighted by atomic mass is 9.94. The molecule has 3 nitrogen and oxygen atoms in total. The minimum absolute atomic E-state index is 0.158. The lowest BCUT2D eigenvalue weighted by Gasteiger charge is -2.23. The van der Waals surface area contributed by atoms with Crippen LogP contribution in [0.25, 0.3) is 0 Å². The van der Waals surface area contributed by atoms with Gasteiger partial charge in [0, 0.05) is 18.9 Å². The van der Waals surface area contributed by atoms with Crippen molar-refractivity contribution < 1.29 is 0 Å². The highest BCUT2D eigenvalue weighted by atomic mass is 15.1. The van der Waals surface area contributed by atoms with Crippen molar-refractivity contribution in [2.75, 3.05) is 6.54 Å². The van der Waals surface area contributed by atoms with E-state index in [4.69, 9.17) is 5.73 Å². The normalized spacial score (nSPS) is 12.0. The minimum Gasteiger partial charge on any atom is -0.335 e. The molecule has 0 aliphatic carbocycles. The fraction of sp³-hybridized carbons (Fsp3) is 0.667. The second-order valence-corrected chi connectivity index (χ2v) is 3.97. The Labute approximate surface area is 73.6 Å². The molecule has 3 heteroatoms. The molecule has 0 aromatic carbocycles. The van der Waals surface area contributed by atoms with E-state index >= 15 is 0 Å². The van der Waals surface area contributed by atoms with Crippen molar-refractivity contribution >= 4 is 0 Å². The van der Waals surface area contributed by atoms with E-state index < -0.39 is 0 Å². The van der Waals surface area contributed by atoms with Crippen LogP contribution in [-0.2, 0) is 6.54 Å². The van der Waals surface area contributed by atoms with Crippen LogP contribution < -0.4 is 5.73 Å². The monoisotopic (exact) mass is 167 g/mol. The smallest absolute Gasteiger partial charge is 0.105 e. The van der Waals surface area contributed by atoms with Crippen molar-refractivity contribution in [2.45, 2.75) is 27.3 Å². The third-order valence-corrected chi connectivity index (χ3v) is 2.07. The molecule has 2 N–H and O–H groups in total. The van der Waals surface area contributed by atoms with Crippen molar-refractivity contribution in [3.8, 4) is 0 Å². The maximum absolute atomic E-state index is 5.64. The first-order valence-electron chi connectivity index (χ1n) is 4.23. The summed E-state index contributed by atoms with van der Waals surface area (Å²) in [6.07, 6.45) is 3.81. The lowest BCUT2D eigenvalue weighted by Crippen LogP contribution is -2.28. The molecule has 1 aromatic rings. The van der Waals surface area contributed by atoms with Crippen LogP contribution in [0.4, 0.5) is 0 Å². The molecule has 0 unspecified atom stereocenters. The minimum atomic E-state index is 0.158. The number of nitrogens with zero attached hydrogens (tertiary/aromatic N) is 2. The molecule has 0 spiro atoms. The summed E-state index contributed by atoms with van der Waals surface area (Å²) in [4.78, 5) is 4.16. The lowest BCUT2D eigenvalue weighted by molar-refractivity contribution is 0.314. The molecule has 0 aliphatic heterocycles. The Kier molecular flexibility index (Phi) is 2.52. The first-order valence-corrected chi connectivity index (χ1v) is 4.23. The summed E-state index contributed by atoms with van der Waals surface area (Å²) in [5, 5.41) is 0. The Morgan fingerprint density at radius 2 is 2.25 bits per heavy atom. The molecule has 0 saturated heterocycles. The Balaban J connectivity index is 2.70. The van der Waals surface area contributed by atoms with Gasteiger partial charge in [-0.2, -0.15) is 0 Å². The molecule has 0 aliphatic rings. The van der Waals surface area contributed by atoms with Gasteiger partial charge in [-0.05, 0) is 18.9 Å². The Hall–Kier alpha value is -0.830. The molecular formula is C9H17N3. The third-order valence-electron chi connectivity index (χ3n) is 2.07. The van der Waals surface area contributed by atoms with Gasteiger partial charge < -0.3 is 10.3 Å². The van der Waals surface area contributed by atoms with E-state index in [2.05, 4.69) is 23.4 Å². The Morgan fingerprint density at radius 3 is 2.67 bits per heavy atom. The van der Waals surface area contributed by atoms with Crippen molar-refractivity contribution in [1.29, 1.82) is 0 Å². The number of aryl methyl sites for hydroxylation is 1. The molecule has 0 radical (unpaired) electrons. The SMILES string of the molecule is Cc1nccn1CC(C)(C)CN. The number of rotatable bonds is 3. The van der Waals surface area contributed by atoms with Crippen LogP contribution in [0.2, 0.25) is 0 Å². The fourth-order valence-electron chi connectivity index (χ4n) is 1.10. The maximum Gasteiger partial charge on any atom is 0.105 e. The quantitative estimate of drug-likeness (QED) is 0.734. The van der Waals surface area contributed by atoms with E-state index in [0.29, 0.717) is 6.54 Å². The van der Waals surface area contributed by atoms with Gasteiger partial charge in [0.15, 0.2) is 0 Å². The highest BCUT2D eigenvalue weighted by Crippen LogP contribution is 2.16. The van der Waals surface area contributed by atoms with Gasteiger partial charge in [-0.1, -0.05) is 13.8 Å². The molecule has 1 rings (SSSR count). The summed E-state index contributed by atoms with van der Waals surface area (Å²) in [6, 6.07) is 0. The molecule has 0 bridgehead atoms. The molecular weight excluding hydrogens is 150 g/mol. The van der Waals surface area contributed by atoms with E-state index in [-0.39, 0.29) is 5.41 Å². The van der Waals surface area contributed by atoms with Gasteiger partial charge >= 0.3 is 0 Å². The second kappa shape index (κ2) is 3.27. The molecule has 0 atom stereocenters. The second-order valence-electron chi connectivity index (χ2n) is 3.97. The highest BCUT2D eigenvalue weighted by Gasteiger charge is 2.16. The third kappa shape index (κ3) is 2.08. The molecule has 1 heterocycles. The number of aromatic nitrogens is 2. The van der Waals surface area contributed by atoms with Gasteiger partial charge in [0.1, 0.15) is 5.82 Å². The van der Waals surface area contributed by atoms with E-state index in [1.165, 1.54) is 0 Å². The van der Waals surface area contributed by atoms with Crippen LogP contribution >= 0.6 is 0 Å². The fourth-order valence-corrected chi connectivity index (χ4v) is 1.10. The van der Waals surface area contributed by atoms with Crippen LogP contribution in [0, 0.1) is 12.3 Å². The van der Waals surface area contributed by atoms with Gasteiger partial charge in [-0.25, -0.2) is 4.98 Å². The molecule has 0 fully saturated rings. The van der Waals surface area contributed by atoms with E-state index in [9.17, 15) is 0 Å². The number of nitrogens with two attached hydrogens (primary N) is 1. The first-order chi connectivity index (χ1) is 5.55. The van der Waals surface area contributed by atoms with Crippen LogP contribution in [0.1, 0.15) is 19.7 Å². The molecule has 0 saturated carbocycles. The summed E-state index contributed by atoms with van der Waals surface area (Å²) in [5.74, 6) is 1.05. The zero-order chi connectivity index (χ0) is 9.19. The van der Waals surface area contributed by atoms with Crippen LogP contribution in [0.5, 0.6) is 0 Å². The van der Waals surface area contributed by atoms with Crippen molar-refractivity contribution in [1.82, 2.24) is 9.55 Å². The number of imidazole rings is 1. The van der Waals surface area contributed by atoms with Crippen LogP contribution in [-0.4, -0.2) is 16.1 Å². The standard InChI is InChI=1S/C9H17N3/c1-8-11-4-5-12(8)7-9(2,3)6-10/h4-5H,6-7,10H2,1-3H3. The summed E-state index contributed by atoms with van der Waals surface area (Å²) >= 11 is 0. The summed E-state index contributed by atoms with van der Waals surface area (Å²) in [6.45, 7) is 7.96. The topological polar surface area (TPSA) is 43.8 Å². The summed E-state index contributed by atoms with van der Waals surface area (Å²) in [7, 11) is 0. The average molecular weight is 167 g/mol. The van der Waals surface area contributed by atoms with E-state index in [1.807, 2.05) is 19.3 Å². The maximum atomic E-state index is 5.64. The summed E-state index contributed by atoms with van der Waals surface area (Å²) < 4.78 is 2.13. The Bertz CT molecular complexity index is 250. The predicted molar refractivity (Wildman–Crippen MR) is 49.8 cm³/mol. The number of hydrogen-bond acceptors (Lipinski definition) is 2. The van der Waals surface area contributed by atoms with Gasteiger partial charge in [0.05, 0.1) is 0 Å². The van der Waals surface area contributed by atoms with Crippen LogP contribution in [0.15, 0.2) is 12.4 Å². The van der Waals surface area contributed by atoms with Crippen molar-refractivity contribution in [3.63, 3.8) is 0 Å². The zero-order valence-corrected chi connectivity index (χ0v) is 8.04. The first kappa shape index (κ1) is 9.26. The van der Waals surface area contributed by atoms with E-state index in [1.54, 1.807) is 0 Å². The van der Waals surface area contributed by atoms with Gasteiger partial charge in [-0.15, -0.1) is 0 Å². The van der Waals surface area contributed by atoms with Crippen molar-refractivity contribution in [2.24, 2.45) is 11.1 Å². The van der Waals surface area contributed by atoms with Crippen LogP contribution in [0.3, 0.4) is 0 Å². The molecule has 68 valence electrons.